The summed E-state index contributed by atoms with van der Waals surface area (Å²) in [6.45, 7) is 7.24. The van der Waals surface area contributed by atoms with Crippen LogP contribution in [0.5, 0.6) is 0 Å². The molecule has 0 radical (unpaired) electrons. The van der Waals surface area contributed by atoms with Crippen LogP contribution in [0.25, 0.3) is 0 Å². The van der Waals surface area contributed by atoms with Crippen LogP contribution in [0.1, 0.15) is 43.1 Å². The third kappa shape index (κ3) is 5.26. The van der Waals surface area contributed by atoms with Crippen molar-refractivity contribution in [1.29, 1.82) is 0 Å². The molecule has 0 unspecified atom stereocenters. The minimum atomic E-state index is -0.665. The molecule has 1 aromatic carbocycles. The fourth-order valence-corrected chi connectivity index (χ4v) is 2.04. The first-order valence-corrected chi connectivity index (χ1v) is 7.99. The molecule has 0 aliphatic carbocycles. The molecule has 0 saturated heterocycles. The lowest BCUT2D eigenvalue weighted by Gasteiger charge is -2.18. The van der Waals surface area contributed by atoms with Crippen molar-refractivity contribution in [2.24, 2.45) is 0 Å². The van der Waals surface area contributed by atoms with Gasteiger partial charge in [-0.1, -0.05) is 13.0 Å². The molecule has 1 rings (SSSR count). The fourth-order valence-electron chi connectivity index (χ4n) is 2.04. The van der Waals surface area contributed by atoms with E-state index in [1.807, 2.05) is 13.8 Å². The predicted molar refractivity (Wildman–Crippen MR) is 94.1 cm³/mol. The van der Waals surface area contributed by atoms with E-state index in [2.05, 4.69) is 21.3 Å². The van der Waals surface area contributed by atoms with Gasteiger partial charge in [-0.25, -0.2) is 4.79 Å². The monoisotopic (exact) mass is 334 g/mol. The highest BCUT2D eigenvalue weighted by molar-refractivity contribution is 5.99. The Morgan fingerprint density at radius 1 is 1.12 bits per heavy atom. The van der Waals surface area contributed by atoms with Gasteiger partial charge < -0.3 is 21.3 Å². The van der Waals surface area contributed by atoms with Crippen LogP contribution in [-0.2, 0) is 4.79 Å². The van der Waals surface area contributed by atoms with Crippen molar-refractivity contribution in [3.05, 3.63) is 29.3 Å². The Kier molecular flexibility index (Phi) is 7.23. The number of hydrogen-bond donors (Lipinski definition) is 4. The first kappa shape index (κ1) is 19.5. The quantitative estimate of drug-likeness (QED) is 0.638. The van der Waals surface area contributed by atoms with E-state index in [1.165, 1.54) is 0 Å². The average Bonchev–Trinajstić information content (AvgIpc) is 2.55. The molecule has 4 amide bonds. The van der Waals surface area contributed by atoms with Crippen molar-refractivity contribution in [3.8, 4) is 0 Å². The molecule has 0 aliphatic rings. The number of amides is 4. The second-order valence-electron chi connectivity index (χ2n) is 5.70. The van der Waals surface area contributed by atoms with Crippen LogP contribution >= 0.6 is 0 Å². The molecule has 0 fully saturated rings. The highest BCUT2D eigenvalue weighted by Crippen LogP contribution is 2.18. The highest BCUT2D eigenvalue weighted by atomic mass is 16.2. The molecular weight excluding hydrogens is 308 g/mol. The van der Waals surface area contributed by atoms with Crippen molar-refractivity contribution in [2.45, 2.75) is 46.2 Å². The molecule has 4 N–H and O–H groups in total. The SMILES string of the molecule is CC[C@@H](C)NC(=O)[C@@H](C)NC(=O)Nc1cccc(C(=O)NC)c1C. The molecule has 0 saturated carbocycles. The lowest BCUT2D eigenvalue weighted by atomic mass is 10.1. The van der Waals surface area contributed by atoms with Crippen LogP contribution in [0.3, 0.4) is 0 Å². The van der Waals surface area contributed by atoms with Crippen molar-refractivity contribution in [2.75, 3.05) is 12.4 Å². The zero-order valence-electron chi connectivity index (χ0n) is 14.8. The fraction of sp³-hybridized carbons (Fsp3) is 0.471. The number of rotatable bonds is 6. The Morgan fingerprint density at radius 3 is 2.38 bits per heavy atom. The van der Waals surface area contributed by atoms with Crippen LogP contribution in [0.15, 0.2) is 18.2 Å². The van der Waals surface area contributed by atoms with Gasteiger partial charge in [-0.2, -0.15) is 0 Å². The maximum Gasteiger partial charge on any atom is 0.319 e. The van der Waals surface area contributed by atoms with Crippen molar-refractivity contribution < 1.29 is 14.4 Å². The van der Waals surface area contributed by atoms with Gasteiger partial charge in [0, 0.05) is 24.3 Å². The molecule has 0 heterocycles. The third-order valence-electron chi connectivity index (χ3n) is 3.80. The van der Waals surface area contributed by atoms with E-state index in [1.54, 1.807) is 39.1 Å². The van der Waals surface area contributed by atoms with Crippen molar-refractivity contribution in [3.63, 3.8) is 0 Å². The summed E-state index contributed by atoms with van der Waals surface area (Å²) in [7, 11) is 1.55. The van der Waals surface area contributed by atoms with Crippen LogP contribution in [0, 0.1) is 6.92 Å². The van der Waals surface area contributed by atoms with Gasteiger partial charge in [0.1, 0.15) is 6.04 Å². The Labute approximate surface area is 142 Å². The third-order valence-corrected chi connectivity index (χ3v) is 3.80. The molecule has 24 heavy (non-hydrogen) atoms. The van der Waals surface area contributed by atoms with Crippen LogP contribution in [0.2, 0.25) is 0 Å². The van der Waals surface area contributed by atoms with Gasteiger partial charge in [0.15, 0.2) is 0 Å². The van der Waals surface area contributed by atoms with E-state index in [0.29, 0.717) is 16.8 Å². The first-order chi connectivity index (χ1) is 11.3. The molecule has 0 aliphatic heterocycles. The molecule has 7 nitrogen and oxygen atoms in total. The van der Waals surface area contributed by atoms with E-state index in [-0.39, 0.29) is 17.9 Å². The van der Waals surface area contributed by atoms with Crippen molar-refractivity contribution >= 4 is 23.5 Å². The number of urea groups is 1. The maximum absolute atomic E-state index is 12.1. The van der Waals surface area contributed by atoms with Crippen molar-refractivity contribution in [1.82, 2.24) is 16.0 Å². The zero-order valence-corrected chi connectivity index (χ0v) is 14.8. The summed E-state index contributed by atoms with van der Waals surface area (Å²) in [4.78, 5) is 35.8. The number of carbonyl (C=O) groups excluding carboxylic acids is 3. The van der Waals surface area contributed by atoms with Crippen LogP contribution in [-0.4, -0.2) is 37.0 Å². The minimum absolute atomic E-state index is 0.0521. The number of hydrogen-bond acceptors (Lipinski definition) is 3. The zero-order chi connectivity index (χ0) is 18.3. The predicted octanol–water partition coefficient (Wildman–Crippen LogP) is 1.78. The molecular formula is C17H26N4O3. The van der Waals surface area contributed by atoms with Crippen LogP contribution < -0.4 is 21.3 Å². The molecule has 2 atom stereocenters. The summed E-state index contributed by atoms with van der Waals surface area (Å²) in [5.74, 6) is -0.465. The Hall–Kier alpha value is -2.57. The minimum Gasteiger partial charge on any atom is -0.355 e. The molecule has 1 aromatic rings. The maximum atomic E-state index is 12.1. The van der Waals surface area contributed by atoms with Crippen LogP contribution in [0.4, 0.5) is 10.5 Å². The Balaban J connectivity index is 2.72. The standard InChI is InChI=1S/C17H26N4O3/c1-6-10(2)19-15(22)12(4)20-17(24)21-14-9-7-8-13(11(14)3)16(23)18-5/h7-10,12H,6H2,1-5H3,(H,18,23)(H,19,22)(H2,20,21,24)/t10-,12-/m1/s1. The van der Waals surface area contributed by atoms with E-state index in [0.717, 1.165) is 6.42 Å². The molecule has 0 aromatic heterocycles. The van der Waals surface area contributed by atoms with Gasteiger partial charge in [0.25, 0.3) is 5.91 Å². The summed E-state index contributed by atoms with van der Waals surface area (Å²) in [6.07, 6.45) is 0.816. The molecule has 0 spiro atoms. The first-order valence-electron chi connectivity index (χ1n) is 7.99. The molecule has 132 valence electrons. The topological polar surface area (TPSA) is 99.3 Å². The van der Waals surface area contributed by atoms with Gasteiger partial charge in [0.2, 0.25) is 5.91 Å². The lowest BCUT2D eigenvalue weighted by Crippen LogP contribution is -2.48. The second-order valence-corrected chi connectivity index (χ2v) is 5.70. The lowest BCUT2D eigenvalue weighted by molar-refractivity contribution is -0.123. The summed E-state index contributed by atoms with van der Waals surface area (Å²) < 4.78 is 0. The van der Waals surface area contributed by atoms with E-state index in [9.17, 15) is 14.4 Å². The van der Waals surface area contributed by atoms with E-state index >= 15 is 0 Å². The van der Waals surface area contributed by atoms with E-state index < -0.39 is 12.1 Å². The normalized spacial score (nSPS) is 12.7. The summed E-state index contributed by atoms with van der Waals surface area (Å²) in [6, 6.07) is 3.95. The van der Waals surface area contributed by atoms with Gasteiger partial charge >= 0.3 is 6.03 Å². The number of anilines is 1. The molecule has 7 heteroatoms. The summed E-state index contributed by atoms with van der Waals surface area (Å²) >= 11 is 0. The van der Waals surface area contributed by atoms with Gasteiger partial charge in [-0.3, -0.25) is 9.59 Å². The summed E-state index contributed by atoms with van der Waals surface area (Å²) in [5.41, 5.74) is 1.66. The van der Waals surface area contributed by atoms with E-state index in [4.69, 9.17) is 0 Å². The van der Waals surface area contributed by atoms with Gasteiger partial charge in [0.05, 0.1) is 0 Å². The highest BCUT2D eigenvalue weighted by Gasteiger charge is 2.18. The smallest absolute Gasteiger partial charge is 0.319 e. The number of nitrogens with one attached hydrogen (secondary N) is 4. The number of carbonyl (C=O) groups is 3. The Bertz CT molecular complexity index is 616. The average molecular weight is 334 g/mol. The second kappa shape index (κ2) is 8.90. The van der Waals surface area contributed by atoms with Gasteiger partial charge in [-0.05, 0) is 44.9 Å². The Morgan fingerprint density at radius 2 is 1.79 bits per heavy atom. The number of benzene rings is 1. The largest absolute Gasteiger partial charge is 0.355 e. The summed E-state index contributed by atoms with van der Waals surface area (Å²) in [5, 5.41) is 10.6. The molecule has 0 bridgehead atoms. The van der Waals surface area contributed by atoms with Gasteiger partial charge in [-0.15, -0.1) is 0 Å².